The average Bonchev–Trinajstić information content (AvgIpc) is 2.47. The fourth-order valence-corrected chi connectivity index (χ4v) is 1.73. The SMILES string of the molecule is CC(=O)N(C)c1ccc(OC(=O)c2ccccc2O)cc1. The second kappa shape index (κ2) is 6.09. The second-order valence-corrected chi connectivity index (χ2v) is 4.48. The van der Waals surface area contributed by atoms with Crippen molar-refractivity contribution < 1.29 is 19.4 Å². The van der Waals surface area contributed by atoms with Gasteiger partial charge in [0.05, 0.1) is 0 Å². The zero-order chi connectivity index (χ0) is 15.4. The summed E-state index contributed by atoms with van der Waals surface area (Å²) < 4.78 is 5.17. The van der Waals surface area contributed by atoms with E-state index in [4.69, 9.17) is 4.74 Å². The second-order valence-electron chi connectivity index (χ2n) is 4.48. The number of hydrogen-bond donors (Lipinski definition) is 1. The third kappa shape index (κ3) is 3.39. The van der Waals surface area contributed by atoms with Crippen LogP contribution in [0.2, 0.25) is 0 Å². The molecule has 0 aliphatic carbocycles. The van der Waals surface area contributed by atoms with Crippen molar-refractivity contribution in [1.29, 1.82) is 0 Å². The largest absolute Gasteiger partial charge is 0.507 e. The van der Waals surface area contributed by atoms with Crippen molar-refractivity contribution >= 4 is 17.6 Å². The van der Waals surface area contributed by atoms with E-state index in [0.717, 1.165) is 0 Å². The van der Waals surface area contributed by atoms with Crippen LogP contribution in [0.25, 0.3) is 0 Å². The summed E-state index contributed by atoms with van der Waals surface area (Å²) in [5.41, 5.74) is 0.798. The van der Waals surface area contributed by atoms with E-state index in [2.05, 4.69) is 0 Å². The number of para-hydroxylation sites is 1. The number of hydrogen-bond acceptors (Lipinski definition) is 4. The standard InChI is InChI=1S/C16H15NO4/c1-11(18)17(2)12-7-9-13(10-8-12)21-16(20)14-5-3-4-6-15(14)19/h3-10,19H,1-2H3. The smallest absolute Gasteiger partial charge is 0.347 e. The average molecular weight is 285 g/mol. The lowest BCUT2D eigenvalue weighted by Gasteiger charge is -2.15. The minimum atomic E-state index is -0.638. The number of carbonyl (C=O) groups excluding carboxylic acids is 2. The summed E-state index contributed by atoms with van der Waals surface area (Å²) >= 11 is 0. The number of nitrogens with zero attached hydrogens (tertiary/aromatic N) is 1. The summed E-state index contributed by atoms with van der Waals surface area (Å²) in [7, 11) is 1.66. The van der Waals surface area contributed by atoms with E-state index >= 15 is 0 Å². The van der Waals surface area contributed by atoms with E-state index in [1.54, 1.807) is 43.4 Å². The number of rotatable bonds is 3. The quantitative estimate of drug-likeness (QED) is 0.695. The highest BCUT2D eigenvalue weighted by molar-refractivity contribution is 5.94. The molecule has 1 amide bonds. The van der Waals surface area contributed by atoms with E-state index in [9.17, 15) is 14.7 Å². The maximum Gasteiger partial charge on any atom is 0.347 e. The highest BCUT2D eigenvalue weighted by Crippen LogP contribution is 2.22. The Kier molecular flexibility index (Phi) is 4.23. The summed E-state index contributed by atoms with van der Waals surface area (Å²) in [4.78, 5) is 24.6. The molecule has 0 unspecified atom stereocenters. The van der Waals surface area contributed by atoms with E-state index in [-0.39, 0.29) is 17.2 Å². The molecule has 2 aromatic rings. The highest BCUT2D eigenvalue weighted by atomic mass is 16.5. The van der Waals surface area contributed by atoms with Gasteiger partial charge >= 0.3 is 5.97 Å². The summed E-state index contributed by atoms with van der Waals surface area (Å²) in [6.07, 6.45) is 0. The van der Waals surface area contributed by atoms with Crippen LogP contribution in [0, 0.1) is 0 Å². The van der Waals surface area contributed by atoms with Gasteiger partial charge < -0.3 is 14.7 Å². The first-order valence-electron chi connectivity index (χ1n) is 6.33. The molecule has 0 atom stereocenters. The number of ether oxygens (including phenoxy) is 1. The molecule has 0 aromatic heterocycles. The molecule has 0 bridgehead atoms. The number of anilines is 1. The Bertz CT molecular complexity index is 664. The van der Waals surface area contributed by atoms with Crippen LogP contribution < -0.4 is 9.64 Å². The lowest BCUT2D eigenvalue weighted by atomic mass is 10.2. The van der Waals surface area contributed by atoms with Gasteiger partial charge in [-0.05, 0) is 36.4 Å². The number of phenols is 1. The Hall–Kier alpha value is -2.82. The Morgan fingerprint density at radius 3 is 2.24 bits per heavy atom. The summed E-state index contributed by atoms with van der Waals surface area (Å²) in [6.45, 7) is 1.46. The fraction of sp³-hybridized carbons (Fsp3) is 0.125. The predicted octanol–water partition coefficient (Wildman–Crippen LogP) is 2.59. The highest BCUT2D eigenvalue weighted by Gasteiger charge is 2.13. The number of carbonyl (C=O) groups is 2. The molecule has 21 heavy (non-hydrogen) atoms. The predicted molar refractivity (Wildman–Crippen MR) is 78.6 cm³/mol. The van der Waals surface area contributed by atoms with Gasteiger partial charge in [0, 0.05) is 19.7 Å². The number of aromatic hydroxyl groups is 1. The van der Waals surface area contributed by atoms with Gasteiger partial charge in [-0.25, -0.2) is 4.79 Å². The molecule has 0 aliphatic rings. The van der Waals surface area contributed by atoms with Gasteiger partial charge in [-0.15, -0.1) is 0 Å². The van der Waals surface area contributed by atoms with Crippen LogP contribution in [0.5, 0.6) is 11.5 Å². The molecule has 0 saturated carbocycles. The van der Waals surface area contributed by atoms with Crippen molar-refractivity contribution in [2.45, 2.75) is 6.92 Å². The third-order valence-electron chi connectivity index (χ3n) is 3.03. The Morgan fingerprint density at radius 2 is 1.67 bits per heavy atom. The van der Waals surface area contributed by atoms with Crippen LogP contribution in [-0.4, -0.2) is 24.0 Å². The molecule has 0 spiro atoms. The van der Waals surface area contributed by atoms with Gasteiger partial charge in [0.2, 0.25) is 5.91 Å². The van der Waals surface area contributed by atoms with Crippen molar-refractivity contribution in [2.24, 2.45) is 0 Å². The third-order valence-corrected chi connectivity index (χ3v) is 3.03. The van der Waals surface area contributed by atoms with Gasteiger partial charge in [-0.2, -0.15) is 0 Å². The van der Waals surface area contributed by atoms with Gasteiger partial charge in [0.1, 0.15) is 17.1 Å². The van der Waals surface area contributed by atoms with Gasteiger partial charge in [-0.3, -0.25) is 4.79 Å². The van der Waals surface area contributed by atoms with Crippen LogP contribution in [0.4, 0.5) is 5.69 Å². The fourth-order valence-electron chi connectivity index (χ4n) is 1.73. The van der Waals surface area contributed by atoms with E-state index < -0.39 is 5.97 Å². The van der Waals surface area contributed by atoms with Gasteiger partial charge in [-0.1, -0.05) is 12.1 Å². The maximum atomic E-state index is 11.9. The maximum absolute atomic E-state index is 11.9. The molecule has 0 radical (unpaired) electrons. The number of phenolic OH excluding ortho intramolecular Hbond substituents is 1. The normalized spacial score (nSPS) is 10.0. The molecule has 2 rings (SSSR count). The van der Waals surface area contributed by atoms with Crippen molar-refractivity contribution in [3.05, 3.63) is 54.1 Å². The van der Waals surface area contributed by atoms with Crippen LogP contribution in [-0.2, 0) is 4.79 Å². The van der Waals surface area contributed by atoms with Crippen molar-refractivity contribution in [3.8, 4) is 11.5 Å². The Morgan fingerprint density at radius 1 is 1.05 bits per heavy atom. The molecule has 108 valence electrons. The monoisotopic (exact) mass is 285 g/mol. The Balaban J connectivity index is 2.12. The number of amides is 1. The van der Waals surface area contributed by atoms with Crippen LogP contribution in [0.1, 0.15) is 17.3 Å². The van der Waals surface area contributed by atoms with Gasteiger partial charge in [0.15, 0.2) is 0 Å². The molecule has 2 aromatic carbocycles. The summed E-state index contributed by atoms with van der Waals surface area (Å²) in [6, 6.07) is 12.7. The molecule has 0 saturated heterocycles. The van der Waals surface area contributed by atoms with E-state index in [0.29, 0.717) is 11.4 Å². The summed E-state index contributed by atoms with van der Waals surface area (Å²) in [5.74, 6) is -0.519. The number of esters is 1. The summed E-state index contributed by atoms with van der Waals surface area (Å²) in [5, 5.41) is 9.59. The minimum absolute atomic E-state index is 0.0889. The first kappa shape index (κ1) is 14.6. The first-order chi connectivity index (χ1) is 9.99. The zero-order valence-electron chi connectivity index (χ0n) is 11.7. The first-order valence-corrected chi connectivity index (χ1v) is 6.33. The molecule has 1 N–H and O–H groups in total. The van der Waals surface area contributed by atoms with E-state index in [1.807, 2.05) is 0 Å². The molecule has 0 aliphatic heterocycles. The van der Waals surface area contributed by atoms with Crippen molar-refractivity contribution in [2.75, 3.05) is 11.9 Å². The minimum Gasteiger partial charge on any atom is -0.507 e. The molecular weight excluding hydrogens is 270 g/mol. The molecule has 5 nitrogen and oxygen atoms in total. The number of benzene rings is 2. The van der Waals surface area contributed by atoms with E-state index in [1.165, 1.54) is 24.0 Å². The van der Waals surface area contributed by atoms with Crippen LogP contribution in [0.15, 0.2) is 48.5 Å². The Labute approximate surface area is 122 Å². The molecule has 0 heterocycles. The molecular formula is C16H15NO4. The van der Waals surface area contributed by atoms with Crippen LogP contribution >= 0.6 is 0 Å². The van der Waals surface area contributed by atoms with Crippen molar-refractivity contribution in [1.82, 2.24) is 0 Å². The molecule has 5 heteroatoms. The van der Waals surface area contributed by atoms with Crippen LogP contribution in [0.3, 0.4) is 0 Å². The zero-order valence-corrected chi connectivity index (χ0v) is 11.7. The topological polar surface area (TPSA) is 66.8 Å². The lowest BCUT2D eigenvalue weighted by Crippen LogP contribution is -2.22. The van der Waals surface area contributed by atoms with Crippen molar-refractivity contribution in [3.63, 3.8) is 0 Å². The lowest BCUT2D eigenvalue weighted by molar-refractivity contribution is -0.116. The molecule has 0 fully saturated rings. The van der Waals surface area contributed by atoms with Gasteiger partial charge in [0.25, 0.3) is 0 Å².